The van der Waals surface area contributed by atoms with Gasteiger partial charge < -0.3 is 4.90 Å². The van der Waals surface area contributed by atoms with Crippen LogP contribution >= 0.6 is 7.49 Å². The Morgan fingerprint density at radius 2 is 1.72 bits per heavy atom. The van der Waals surface area contributed by atoms with Crippen molar-refractivity contribution in [1.82, 2.24) is 15.2 Å². The van der Waals surface area contributed by atoms with Crippen molar-refractivity contribution >= 4 is 29.4 Å². The van der Waals surface area contributed by atoms with E-state index in [4.69, 9.17) is 0 Å². The van der Waals surface area contributed by atoms with E-state index in [2.05, 4.69) is 15.2 Å². The molecule has 5 rings (SSSR count). The number of fused-ring (bicyclic) bond motifs is 1. The summed E-state index contributed by atoms with van der Waals surface area (Å²) in [5.41, 5.74) is 0.0826. The molecule has 0 bridgehead atoms. The lowest BCUT2D eigenvalue weighted by Crippen LogP contribution is -2.40. The molecule has 2 N–H and O–H groups in total. The first kappa shape index (κ1) is 24.3. The molecule has 0 radical (unpaired) electrons. The molecule has 0 amide bonds. The number of nitrogens with zero attached hydrogens (tertiary/aromatic N) is 3. The van der Waals surface area contributed by atoms with Gasteiger partial charge in [0.05, 0.1) is 24.2 Å². The largest absolute Gasteiger partial charge is 0.433 e. The zero-order valence-electron chi connectivity index (χ0n) is 19.0. The van der Waals surface area contributed by atoms with Gasteiger partial charge in [0.15, 0.2) is 18.6 Å². The fraction of sp³-hybridized carbons (Fsp3) is 0.240. The minimum Gasteiger partial charge on any atom is -0.349 e. The molecule has 1 aliphatic rings. The lowest BCUT2D eigenvalue weighted by Gasteiger charge is -2.33. The van der Waals surface area contributed by atoms with Crippen LogP contribution in [0.5, 0.6) is 0 Å². The van der Waals surface area contributed by atoms with Gasteiger partial charge >= 0.3 is 6.18 Å². The number of aromatic nitrogens is 3. The molecule has 186 valence electrons. The minimum absolute atomic E-state index is 0.182. The number of pyridine rings is 1. The lowest BCUT2D eigenvalue weighted by molar-refractivity contribution is -0.141. The molecule has 2 aromatic carbocycles. The molecule has 2 aromatic heterocycles. The smallest absolute Gasteiger partial charge is 0.349 e. The van der Waals surface area contributed by atoms with Gasteiger partial charge in [-0.3, -0.25) is 4.79 Å². The Morgan fingerprint density at radius 3 is 2.44 bits per heavy atom. The summed E-state index contributed by atoms with van der Waals surface area (Å²) in [5, 5.41) is 8.11. The number of hydrogen-bond donors (Lipinski definition) is 2. The number of hydrogen-bond acceptors (Lipinski definition) is 5. The van der Waals surface area contributed by atoms with Gasteiger partial charge in [0, 0.05) is 11.8 Å². The summed E-state index contributed by atoms with van der Waals surface area (Å²) in [6, 6.07) is 15.4. The Bertz CT molecular complexity index is 1480. The average molecular weight is 517 g/mol. The summed E-state index contributed by atoms with van der Waals surface area (Å²) < 4.78 is 54.0. The molecule has 0 unspecified atom stereocenters. The molecule has 0 saturated carbocycles. The van der Waals surface area contributed by atoms with Crippen molar-refractivity contribution in [3.8, 4) is 0 Å². The van der Waals surface area contributed by atoms with Crippen LogP contribution < -0.4 is 15.8 Å². The highest BCUT2D eigenvalue weighted by Gasteiger charge is 2.45. The summed E-state index contributed by atoms with van der Waals surface area (Å²) in [6.07, 6.45) is -3.77. The molecule has 0 aliphatic carbocycles. The van der Waals surface area contributed by atoms with Crippen LogP contribution in [0.2, 0.25) is 0 Å². The second-order valence-electron chi connectivity index (χ2n) is 8.74. The van der Waals surface area contributed by atoms with Crippen molar-refractivity contribution in [2.24, 2.45) is 0 Å². The lowest BCUT2D eigenvalue weighted by atomic mass is 10.0. The third-order valence-electron chi connectivity index (χ3n) is 6.43. The molecule has 6 nitrogen and oxygen atoms in total. The number of anilines is 1. The molecule has 11 heteroatoms. The van der Waals surface area contributed by atoms with Crippen LogP contribution in [0.15, 0.2) is 65.5 Å². The SMILES string of the molecule is O=c1[nH]nc(Cc2ccc(F)c([P+]3(O)CCN(c4cccc(C(F)(F)F)n4)CC3)c2)c2ccccc12. The Balaban J connectivity index is 1.38. The van der Waals surface area contributed by atoms with Crippen molar-refractivity contribution in [2.75, 3.05) is 30.3 Å². The third kappa shape index (κ3) is 4.70. The standard InChI is InChI=1S/C25H21F4N4O2P/c26-19-9-8-16(14-20-17-4-1-2-5-18(17)24(34)32-31-20)15-21(19)36(35)12-10-33(11-13-36)23-7-3-6-22(30-23)25(27,28)29/h1-9,15,35H,10-14H2/p+1. The highest BCUT2D eigenvalue weighted by Crippen LogP contribution is 2.55. The molecule has 3 heterocycles. The zero-order valence-corrected chi connectivity index (χ0v) is 19.9. The van der Waals surface area contributed by atoms with Crippen molar-refractivity contribution < 1.29 is 22.5 Å². The summed E-state index contributed by atoms with van der Waals surface area (Å²) in [7, 11) is -2.89. The molecule has 1 saturated heterocycles. The minimum atomic E-state index is -4.55. The number of nitrogens with one attached hydrogen (secondary N) is 1. The van der Waals surface area contributed by atoms with Crippen molar-refractivity contribution in [2.45, 2.75) is 12.6 Å². The first-order valence-electron chi connectivity index (χ1n) is 11.3. The van der Waals surface area contributed by atoms with E-state index in [1.54, 1.807) is 35.2 Å². The fourth-order valence-electron chi connectivity index (χ4n) is 4.51. The predicted octanol–water partition coefficient (Wildman–Crippen LogP) is 4.14. The van der Waals surface area contributed by atoms with Crippen LogP contribution in [-0.2, 0) is 12.6 Å². The zero-order chi connectivity index (χ0) is 25.5. The van der Waals surface area contributed by atoms with E-state index in [1.807, 2.05) is 6.07 Å². The summed E-state index contributed by atoms with van der Waals surface area (Å²) in [5.74, 6) is -0.333. The number of halogens is 4. The highest BCUT2D eigenvalue weighted by atomic mass is 31.2. The van der Waals surface area contributed by atoms with Crippen LogP contribution in [-0.4, -0.2) is 45.5 Å². The van der Waals surface area contributed by atoms with Crippen LogP contribution in [0.3, 0.4) is 0 Å². The van der Waals surface area contributed by atoms with Crippen molar-refractivity contribution in [1.29, 1.82) is 0 Å². The van der Waals surface area contributed by atoms with E-state index in [0.717, 1.165) is 11.6 Å². The van der Waals surface area contributed by atoms with Crippen molar-refractivity contribution in [3.63, 3.8) is 0 Å². The maximum absolute atomic E-state index is 14.9. The molecular weight excluding hydrogens is 495 g/mol. The molecule has 0 atom stereocenters. The van der Waals surface area contributed by atoms with Gasteiger partial charge in [0.25, 0.3) is 5.56 Å². The van der Waals surface area contributed by atoms with Crippen LogP contribution in [0.1, 0.15) is 17.0 Å². The number of aromatic amines is 1. The fourth-order valence-corrected chi connectivity index (χ4v) is 7.24. The van der Waals surface area contributed by atoms with Gasteiger partial charge in [-0.1, -0.05) is 30.3 Å². The van der Waals surface area contributed by atoms with E-state index in [-0.39, 0.29) is 42.1 Å². The Kier molecular flexibility index (Phi) is 6.26. The van der Waals surface area contributed by atoms with Crippen LogP contribution in [0, 0.1) is 5.82 Å². The second kappa shape index (κ2) is 9.26. The van der Waals surface area contributed by atoms with Gasteiger partial charge in [0.1, 0.15) is 23.8 Å². The second-order valence-corrected chi connectivity index (χ2v) is 12.0. The molecule has 1 fully saturated rings. The van der Waals surface area contributed by atoms with Gasteiger partial charge in [-0.15, -0.1) is 0 Å². The maximum Gasteiger partial charge on any atom is 0.433 e. The normalized spacial score (nSPS) is 15.9. The van der Waals surface area contributed by atoms with Crippen LogP contribution in [0.25, 0.3) is 10.8 Å². The average Bonchev–Trinajstić information content (AvgIpc) is 2.87. The highest BCUT2D eigenvalue weighted by molar-refractivity contribution is 7.77. The Labute approximate surface area is 204 Å². The topological polar surface area (TPSA) is 82.1 Å². The van der Waals surface area contributed by atoms with E-state index in [0.29, 0.717) is 22.9 Å². The number of alkyl halides is 3. The number of rotatable bonds is 4. The quantitative estimate of drug-likeness (QED) is 0.314. The maximum atomic E-state index is 14.9. The molecule has 4 aromatic rings. The van der Waals surface area contributed by atoms with Gasteiger partial charge in [0.2, 0.25) is 0 Å². The van der Waals surface area contributed by atoms with Gasteiger partial charge in [-0.05, 0) is 35.9 Å². The van der Waals surface area contributed by atoms with Crippen LogP contribution in [0.4, 0.5) is 23.4 Å². The van der Waals surface area contributed by atoms with E-state index in [1.165, 1.54) is 18.2 Å². The predicted molar refractivity (Wildman–Crippen MR) is 132 cm³/mol. The monoisotopic (exact) mass is 517 g/mol. The third-order valence-corrected chi connectivity index (χ3v) is 9.55. The van der Waals surface area contributed by atoms with Gasteiger partial charge in [-0.2, -0.15) is 18.3 Å². The first-order chi connectivity index (χ1) is 17.1. The first-order valence-corrected chi connectivity index (χ1v) is 13.4. The molecule has 1 aliphatic heterocycles. The Hall–Kier alpha value is -3.36. The summed E-state index contributed by atoms with van der Waals surface area (Å²) >= 11 is 0. The Morgan fingerprint density at radius 1 is 1.00 bits per heavy atom. The summed E-state index contributed by atoms with van der Waals surface area (Å²) in [6.45, 7) is 0.517. The molecule has 0 spiro atoms. The summed E-state index contributed by atoms with van der Waals surface area (Å²) in [4.78, 5) is 28.9. The van der Waals surface area contributed by atoms with E-state index < -0.39 is 25.2 Å². The molecule has 36 heavy (non-hydrogen) atoms. The number of H-pyrrole nitrogens is 1. The van der Waals surface area contributed by atoms with Gasteiger partial charge in [-0.25, -0.2) is 19.4 Å². The van der Waals surface area contributed by atoms with E-state index in [9.17, 15) is 27.2 Å². The molecular formula is C25H22F4N4O2P+. The number of benzene rings is 2. The van der Waals surface area contributed by atoms with Crippen molar-refractivity contribution in [3.05, 3.63) is 93.8 Å². The van der Waals surface area contributed by atoms with E-state index >= 15 is 0 Å².